The predicted octanol–water partition coefficient (Wildman–Crippen LogP) is 1.14. The molecule has 1 unspecified atom stereocenters. The van der Waals surface area contributed by atoms with E-state index in [9.17, 15) is 12.8 Å². The van der Waals surface area contributed by atoms with Crippen LogP contribution in [0.25, 0.3) is 0 Å². The van der Waals surface area contributed by atoms with Gasteiger partial charge in [-0.2, -0.15) is 0 Å². The molecule has 0 spiro atoms. The van der Waals surface area contributed by atoms with Gasteiger partial charge in [0.1, 0.15) is 10.7 Å². The molecule has 90 valence electrons. The van der Waals surface area contributed by atoms with E-state index in [1.165, 1.54) is 13.0 Å². The average Bonchev–Trinajstić information content (AvgIpc) is 2.14. The van der Waals surface area contributed by atoms with Crippen molar-refractivity contribution in [3.63, 3.8) is 0 Å². The summed E-state index contributed by atoms with van der Waals surface area (Å²) in [5.74, 6) is -0.925. The summed E-state index contributed by atoms with van der Waals surface area (Å²) >= 11 is 5.50. The van der Waals surface area contributed by atoms with Crippen LogP contribution in [0.15, 0.2) is 23.1 Å². The van der Waals surface area contributed by atoms with Crippen LogP contribution in [0.3, 0.4) is 0 Å². The van der Waals surface area contributed by atoms with Crippen molar-refractivity contribution in [3.05, 3.63) is 29.0 Å². The third kappa shape index (κ3) is 3.41. The highest BCUT2D eigenvalue weighted by atomic mass is 35.5. The normalized spacial score (nSPS) is 13.8. The molecule has 2 N–H and O–H groups in total. The molecule has 1 rings (SSSR count). The first-order chi connectivity index (χ1) is 7.33. The summed E-state index contributed by atoms with van der Waals surface area (Å²) in [4.78, 5) is -0.488. The molecule has 0 fully saturated rings. The molecule has 0 saturated heterocycles. The Morgan fingerprint density at radius 3 is 2.69 bits per heavy atom. The number of benzene rings is 1. The van der Waals surface area contributed by atoms with Gasteiger partial charge in [-0.3, -0.25) is 0 Å². The van der Waals surface area contributed by atoms with Crippen LogP contribution in [-0.2, 0) is 10.0 Å². The minimum atomic E-state index is -3.95. The molecular weight excluding hydrogens is 257 g/mol. The second-order valence-corrected chi connectivity index (χ2v) is 5.45. The summed E-state index contributed by atoms with van der Waals surface area (Å²) in [6, 6.07) is 3.27. The Kier molecular flexibility index (Phi) is 4.26. The summed E-state index contributed by atoms with van der Waals surface area (Å²) in [5, 5.41) is 9.05. The number of hydrogen-bond donors (Lipinski definition) is 2. The Morgan fingerprint density at radius 1 is 1.56 bits per heavy atom. The van der Waals surface area contributed by atoms with Gasteiger partial charge >= 0.3 is 0 Å². The maximum atomic E-state index is 13.3. The van der Waals surface area contributed by atoms with Crippen LogP contribution in [0.2, 0.25) is 5.02 Å². The first kappa shape index (κ1) is 13.4. The first-order valence-corrected chi connectivity index (χ1v) is 6.32. The molecule has 16 heavy (non-hydrogen) atoms. The second kappa shape index (κ2) is 5.09. The summed E-state index contributed by atoms with van der Waals surface area (Å²) in [7, 11) is -3.95. The Bertz CT molecular complexity index is 476. The van der Waals surface area contributed by atoms with Gasteiger partial charge < -0.3 is 5.11 Å². The lowest BCUT2D eigenvalue weighted by molar-refractivity contribution is 0.198. The van der Waals surface area contributed by atoms with Crippen LogP contribution in [0.5, 0.6) is 0 Å². The van der Waals surface area contributed by atoms with Gasteiger partial charge in [0.25, 0.3) is 0 Å². The van der Waals surface area contributed by atoms with Crippen molar-refractivity contribution < 1.29 is 17.9 Å². The van der Waals surface area contributed by atoms with Crippen molar-refractivity contribution in [2.75, 3.05) is 6.54 Å². The lowest BCUT2D eigenvalue weighted by Crippen LogP contribution is -2.31. The second-order valence-electron chi connectivity index (χ2n) is 3.28. The number of halogens is 2. The number of rotatable bonds is 4. The van der Waals surface area contributed by atoms with Crippen LogP contribution in [0, 0.1) is 5.82 Å². The fraction of sp³-hybridized carbons (Fsp3) is 0.333. The zero-order valence-electron chi connectivity index (χ0n) is 8.44. The quantitative estimate of drug-likeness (QED) is 0.860. The van der Waals surface area contributed by atoms with Crippen molar-refractivity contribution in [2.24, 2.45) is 0 Å². The van der Waals surface area contributed by atoms with E-state index in [4.69, 9.17) is 16.7 Å². The molecule has 7 heteroatoms. The standard InChI is InChI=1S/C9H11ClFNO3S/c1-6(13)5-12-16(14,15)9-3-2-7(10)4-8(9)11/h2-4,6,12-13H,5H2,1H3. The maximum Gasteiger partial charge on any atom is 0.243 e. The summed E-state index contributed by atoms with van der Waals surface area (Å²) in [6.07, 6.45) is -0.842. The number of hydrogen-bond acceptors (Lipinski definition) is 3. The van der Waals surface area contributed by atoms with Gasteiger partial charge in [0.15, 0.2) is 0 Å². The van der Waals surface area contributed by atoms with Gasteiger partial charge in [-0.1, -0.05) is 11.6 Å². The molecule has 0 heterocycles. The Labute approximate surface area is 98.1 Å². The van der Waals surface area contributed by atoms with Crippen LogP contribution < -0.4 is 4.72 Å². The molecular formula is C9H11ClFNO3S. The van der Waals surface area contributed by atoms with Crippen molar-refractivity contribution in [2.45, 2.75) is 17.9 Å². The molecule has 0 saturated carbocycles. The van der Waals surface area contributed by atoms with E-state index in [2.05, 4.69) is 4.72 Å². The van der Waals surface area contributed by atoms with Crippen molar-refractivity contribution in [3.8, 4) is 0 Å². The van der Waals surface area contributed by atoms with Gasteiger partial charge in [-0.15, -0.1) is 0 Å². The number of sulfonamides is 1. The smallest absolute Gasteiger partial charge is 0.243 e. The largest absolute Gasteiger partial charge is 0.392 e. The Hall–Kier alpha value is -0.690. The van der Waals surface area contributed by atoms with Gasteiger partial charge in [-0.25, -0.2) is 17.5 Å². The number of nitrogens with one attached hydrogen (secondary N) is 1. The predicted molar refractivity (Wildman–Crippen MR) is 58.3 cm³/mol. The van der Waals surface area contributed by atoms with Crippen molar-refractivity contribution >= 4 is 21.6 Å². The van der Waals surface area contributed by atoms with Gasteiger partial charge in [-0.05, 0) is 25.1 Å². The molecule has 0 amide bonds. The molecule has 1 aromatic rings. The third-order valence-electron chi connectivity index (χ3n) is 1.75. The van der Waals surface area contributed by atoms with Crippen LogP contribution in [0.1, 0.15) is 6.92 Å². The molecule has 0 radical (unpaired) electrons. The first-order valence-electron chi connectivity index (χ1n) is 4.45. The minimum absolute atomic E-state index is 0.118. The number of aliphatic hydroxyl groups is 1. The van der Waals surface area contributed by atoms with E-state index in [-0.39, 0.29) is 11.6 Å². The lowest BCUT2D eigenvalue weighted by Gasteiger charge is -2.09. The zero-order valence-corrected chi connectivity index (χ0v) is 10.0. The van der Waals surface area contributed by atoms with Gasteiger partial charge in [0.05, 0.1) is 6.10 Å². The minimum Gasteiger partial charge on any atom is -0.392 e. The fourth-order valence-electron chi connectivity index (χ4n) is 1.00. The lowest BCUT2D eigenvalue weighted by atomic mass is 10.3. The molecule has 0 aromatic heterocycles. The average molecular weight is 268 g/mol. The van der Waals surface area contributed by atoms with E-state index in [1.54, 1.807) is 0 Å². The van der Waals surface area contributed by atoms with E-state index in [0.29, 0.717) is 0 Å². The molecule has 1 aromatic carbocycles. The highest BCUT2D eigenvalue weighted by molar-refractivity contribution is 7.89. The van der Waals surface area contributed by atoms with E-state index < -0.39 is 26.8 Å². The molecule has 0 aliphatic heterocycles. The maximum absolute atomic E-state index is 13.3. The van der Waals surface area contributed by atoms with Crippen molar-refractivity contribution in [1.29, 1.82) is 0 Å². The summed E-state index contributed by atoms with van der Waals surface area (Å²) in [6.45, 7) is 1.24. The highest BCUT2D eigenvalue weighted by Gasteiger charge is 2.19. The van der Waals surface area contributed by atoms with Crippen LogP contribution in [-0.4, -0.2) is 26.2 Å². The number of aliphatic hydroxyl groups excluding tert-OH is 1. The molecule has 0 aliphatic rings. The van der Waals surface area contributed by atoms with Gasteiger partial charge in [0, 0.05) is 11.6 Å². The summed E-state index contributed by atoms with van der Waals surface area (Å²) in [5.41, 5.74) is 0. The zero-order chi connectivity index (χ0) is 12.3. The van der Waals surface area contributed by atoms with E-state index >= 15 is 0 Å². The topological polar surface area (TPSA) is 66.4 Å². The van der Waals surface area contributed by atoms with E-state index in [1.807, 2.05) is 0 Å². The van der Waals surface area contributed by atoms with Crippen LogP contribution in [0.4, 0.5) is 4.39 Å². The van der Waals surface area contributed by atoms with E-state index in [0.717, 1.165) is 12.1 Å². The Balaban J connectivity index is 2.99. The molecule has 0 aliphatic carbocycles. The molecule has 4 nitrogen and oxygen atoms in total. The monoisotopic (exact) mass is 267 g/mol. The highest BCUT2D eigenvalue weighted by Crippen LogP contribution is 2.18. The van der Waals surface area contributed by atoms with Crippen LogP contribution >= 0.6 is 11.6 Å². The SMILES string of the molecule is CC(O)CNS(=O)(=O)c1ccc(Cl)cc1F. The Morgan fingerprint density at radius 2 is 2.19 bits per heavy atom. The summed E-state index contributed by atoms with van der Waals surface area (Å²) < 4.78 is 38.5. The van der Waals surface area contributed by atoms with Gasteiger partial charge in [0.2, 0.25) is 10.0 Å². The molecule has 1 atom stereocenters. The fourth-order valence-corrected chi connectivity index (χ4v) is 2.34. The van der Waals surface area contributed by atoms with Crippen molar-refractivity contribution in [1.82, 2.24) is 4.72 Å². The third-order valence-corrected chi connectivity index (χ3v) is 3.44. The molecule has 0 bridgehead atoms.